The van der Waals surface area contributed by atoms with E-state index in [0.717, 1.165) is 0 Å². The lowest BCUT2D eigenvalue weighted by Gasteiger charge is -2.05. The van der Waals surface area contributed by atoms with E-state index in [1.54, 1.807) is 36.4 Å². The Morgan fingerprint density at radius 1 is 1.18 bits per heavy atom. The second-order valence-electron chi connectivity index (χ2n) is 4.44. The zero-order chi connectivity index (χ0) is 15.9. The van der Waals surface area contributed by atoms with E-state index in [9.17, 15) is 9.90 Å². The van der Waals surface area contributed by atoms with Crippen molar-refractivity contribution in [2.24, 2.45) is 0 Å². The minimum absolute atomic E-state index is 0.0280. The number of nitrogens with one attached hydrogen (secondary N) is 2. The highest BCUT2D eigenvalue weighted by atomic mass is 16.3. The molecule has 5 N–H and O–H groups in total. The lowest BCUT2D eigenvalue weighted by atomic mass is 10.2. The predicted molar refractivity (Wildman–Crippen MR) is 84.9 cm³/mol. The lowest BCUT2D eigenvalue weighted by Crippen LogP contribution is -2.14. The van der Waals surface area contributed by atoms with Crippen LogP contribution in [0.15, 0.2) is 60.3 Å². The van der Waals surface area contributed by atoms with E-state index in [0.29, 0.717) is 17.1 Å². The summed E-state index contributed by atoms with van der Waals surface area (Å²) in [7, 11) is 0. The molecule has 0 atom stereocenters. The minimum atomic E-state index is -0.573. The number of aromatic hydroxyl groups is 1. The van der Waals surface area contributed by atoms with E-state index in [1.807, 2.05) is 6.07 Å². The standard InChI is InChI=1S/C16H14N4O2/c17-9-11(10-19-13-6-4-12(18)5-7-13)16(22)20-14-2-1-3-15(21)8-14/h1-8,10,19,21H,18H2,(H,20,22)/b11-10-. The maximum Gasteiger partial charge on any atom is 0.267 e. The Balaban J connectivity index is 2.07. The number of carbonyl (C=O) groups is 1. The Hall–Kier alpha value is -3.46. The van der Waals surface area contributed by atoms with Gasteiger partial charge in [-0.15, -0.1) is 0 Å². The molecule has 110 valence electrons. The molecule has 6 nitrogen and oxygen atoms in total. The molecule has 6 heteroatoms. The van der Waals surface area contributed by atoms with E-state index in [2.05, 4.69) is 10.6 Å². The normalized spacial score (nSPS) is 10.6. The molecule has 0 bridgehead atoms. The molecule has 0 spiro atoms. The number of anilines is 3. The molecule has 2 aromatic carbocycles. The van der Waals surface area contributed by atoms with Crippen LogP contribution in [0.25, 0.3) is 0 Å². The summed E-state index contributed by atoms with van der Waals surface area (Å²) < 4.78 is 0. The molecular formula is C16H14N4O2. The van der Waals surface area contributed by atoms with Crippen molar-refractivity contribution in [3.63, 3.8) is 0 Å². The molecule has 1 amide bonds. The number of phenols is 1. The third-order valence-electron chi connectivity index (χ3n) is 2.76. The maximum atomic E-state index is 12.0. The van der Waals surface area contributed by atoms with Gasteiger partial charge in [0.05, 0.1) is 0 Å². The van der Waals surface area contributed by atoms with Crippen LogP contribution in [-0.4, -0.2) is 11.0 Å². The minimum Gasteiger partial charge on any atom is -0.508 e. The molecule has 0 aliphatic carbocycles. The van der Waals surface area contributed by atoms with Crippen LogP contribution in [0.4, 0.5) is 17.1 Å². The molecule has 0 unspecified atom stereocenters. The van der Waals surface area contributed by atoms with Crippen molar-refractivity contribution in [3.05, 3.63) is 60.3 Å². The zero-order valence-electron chi connectivity index (χ0n) is 11.6. The average molecular weight is 294 g/mol. The Labute approximate surface area is 127 Å². The molecule has 2 aromatic rings. The van der Waals surface area contributed by atoms with Gasteiger partial charge < -0.3 is 21.5 Å². The van der Waals surface area contributed by atoms with Crippen LogP contribution >= 0.6 is 0 Å². The molecule has 22 heavy (non-hydrogen) atoms. The lowest BCUT2D eigenvalue weighted by molar-refractivity contribution is -0.112. The van der Waals surface area contributed by atoms with E-state index >= 15 is 0 Å². The largest absolute Gasteiger partial charge is 0.508 e. The van der Waals surface area contributed by atoms with Crippen molar-refractivity contribution in [3.8, 4) is 11.8 Å². The van der Waals surface area contributed by atoms with Crippen molar-refractivity contribution in [1.29, 1.82) is 5.26 Å². The van der Waals surface area contributed by atoms with Gasteiger partial charge in [-0.1, -0.05) is 6.07 Å². The third kappa shape index (κ3) is 4.02. The fourth-order valence-electron chi connectivity index (χ4n) is 1.67. The first kappa shape index (κ1) is 14.9. The van der Waals surface area contributed by atoms with Gasteiger partial charge in [-0.2, -0.15) is 5.26 Å². The Bertz CT molecular complexity index is 745. The van der Waals surface area contributed by atoms with E-state index in [-0.39, 0.29) is 11.3 Å². The number of nitriles is 1. The van der Waals surface area contributed by atoms with Crippen LogP contribution in [0, 0.1) is 11.3 Å². The number of nitrogens with zero attached hydrogens (tertiary/aromatic N) is 1. The van der Waals surface area contributed by atoms with Gasteiger partial charge in [-0.3, -0.25) is 4.79 Å². The van der Waals surface area contributed by atoms with E-state index in [1.165, 1.54) is 18.3 Å². The molecule has 0 aliphatic heterocycles. The number of rotatable bonds is 4. The second-order valence-corrected chi connectivity index (χ2v) is 4.44. The first-order valence-electron chi connectivity index (χ1n) is 6.41. The number of nitrogen functional groups attached to an aromatic ring is 1. The molecule has 0 aliphatic rings. The van der Waals surface area contributed by atoms with E-state index in [4.69, 9.17) is 11.0 Å². The van der Waals surface area contributed by atoms with Crippen LogP contribution in [0.2, 0.25) is 0 Å². The second kappa shape index (κ2) is 6.81. The summed E-state index contributed by atoms with van der Waals surface area (Å²) in [5, 5.41) is 23.8. The predicted octanol–water partition coefficient (Wildman–Crippen LogP) is 2.43. The van der Waals surface area contributed by atoms with Gasteiger partial charge in [0.15, 0.2) is 0 Å². The molecule has 2 rings (SSSR count). The summed E-state index contributed by atoms with van der Waals surface area (Å²) in [5.41, 5.74) is 7.20. The van der Waals surface area contributed by atoms with Crippen molar-refractivity contribution < 1.29 is 9.90 Å². The van der Waals surface area contributed by atoms with Crippen LogP contribution in [0.3, 0.4) is 0 Å². The molecule has 0 saturated heterocycles. The number of phenolic OH excluding ortho intramolecular Hbond substituents is 1. The highest BCUT2D eigenvalue weighted by Gasteiger charge is 2.09. The fraction of sp³-hybridized carbons (Fsp3) is 0. The van der Waals surface area contributed by atoms with Crippen molar-refractivity contribution in [2.45, 2.75) is 0 Å². The van der Waals surface area contributed by atoms with Crippen LogP contribution in [-0.2, 0) is 4.79 Å². The first-order chi connectivity index (χ1) is 10.6. The van der Waals surface area contributed by atoms with Gasteiger partial charge in [0.1, 0.15) is 17.4 Å². The number of hydrogen-bond donors (Lipinski definition) is 4. The quantitative estimate of drug-likeness (QED) is 0.393. The highest BCUT2D eigenvalue weighted by Crippen LogP contribution is 2.16. The van der Waals surface area contributed by atoms with Crippen molar-refractivity contribution in [2.75, 3.05) is 16.4 Å². The molecule has 0 saturated carbocycles. The van der Waals surface area contributed by atoms with Gasteiger partial charge in [0.25, 0.3) is 5.91 Å². The molecule has 0 heterocycles. The Kier molecular flexibility index (Phi) is 4.63. The molecular weight excluding hydrogens is 280 g/mol. The SMILES string of the molecule is N#C/C(=C/Nc1ccc(N)cc1)C(=O)Nc1cccc(O)c1. The maximum absolute atomic E-state index is 12.0. The molecule has 0 aromatic heterocycles. The van der Waals surface area contributed by atoms with Gasteiger partial charge >= 0.3 is 0 Å². The van der Waals surface area contributed by atoms with Crippen molar-refractivity contribution >= 4 is 23.0 Å². The van der Waals surface area contributed by atoms with Crippen LogP contribution < -0.4 is 16.4 Å². The first-order valence-corrected chi connectivity index (χ1v) is 6.41. The fourth-order valence-corrected chi connectivity index (χ4v) is 1.67. The Morgan fingerprint density at radius 2 is 1.91 bits per heavy atom. The van der Waals surface area contributed by atoms with Gasteiger partial charge in [-0.05, 0) is 36.4 Å². The number of hydrogen-bond acceptors (Lipinski definition) is 5. The van der Waals surface area contributed by atoms with Crippen LogP contribution in [0.1, 0.15) is 0 Å². The van der Waals surface area contributed by atoms with Gasteiger partial charge in [0, 0.05) is 29.3 Å². The molecule has 0 fully saturated rings. The number of nitrogens with two attached hydrogens (primary N) is 1. The van der Waals surface area contributed by atoms with Crippen LogP contribution in [0.5, 0.6) is 5.75 Å². The summed E-state index contributed by atoms with van der Waals surface area (Å²) in [5.74, 6) is -0.545. The summed E-state index contributed by atoms with van der Waals surface area (Å²) in [6, 6.07) is 14.8. The highest BCUT2D eigenvalue weighted by molar-refractivity contribution is 6.06. The Morgan fingerprint density at radius 3 is 2.55 bits per heavy atom. The number of amides is 1. The summed E-state index contributed by atoms with van der Waals surface area (Å²) in [6.45, 7) is 0. The van der Waals surface area contributed by atoms with E-state index < -0.39 is 5.91 Å². The number of carbonyl (C=O) groups excluding carboxylic acids is 1. The number of benzene rings is 2. The third-order valence-corrected chi connectivity index (χ3v) is 2.76. The topological polar surface area (TPSA) is 111 Å². The molecule has 0 radical (unpaired) electrons. The smallest absolute Gasteiger partial charge is 0.267 e. The summed E-state index contributed by atoms with van der Waals surface area (Å²) in [6.07, 6.45) is 1.31. The van der Waals surface area contributed by atoms with Crippen molar-refractivity contribution in [1.82, 2.24) is 0 Å². The summed E-state index contributed by atoms with van der Waals surface area (Å²) in [4.78, 5) is 12.0. The zero-order valence-corrected chi connectivity index (χ0v) is 11.6. The van der Waals surface area contributed by atoms with Gasteiger partial charge in [-0.25, -0.2) is 0 Å². The monoisotopic (exact) mass is 294 g/mol. The summed E-state index contributed by atoms with van der Waals surface area (Å²) >= 11 is 0. The average Bonchev–Trinajstić information content (AvgIpc) is 2.49. The van der Waals surface area contributed by atoms with Gasteiger partial charge in [0.2, 0.25) is 0 Å².